The third-order valence-electron chi connectivity index (χ3n) is 2.99. The largest absolute Gasteiger partial charge is 0.481 e. The molecule has 0 saturated carbocycles. The first kappa shape index (κ1) is 15.1. The Bertz CT molecular complexity index is 379. The number of nitrogens with zero attached hydrogens (tertiary/aromatic N) is 1. The summed E-state index contributed by atoms with van der Waals surface area (Å²) in [5.74, 6) is -0.938. The first-order valence-electron chi connectivity index (χ1n) is 6.36. The molecule has 2 unspecified atom stereocenters. The van der Waals surface area contributed by atoms with E-state index in [0.717, 1.165) is 36.5 Å². The van der Waals surface area contributed by atoms with Gasteiger partial charge in [0.25, 0.3) is 0 Å². The van der Waals surface area contributed by atoms with Crippen molar-refractivity contribution in [2.24, 2.45) is 5.92 Å². The van der Waals surface area contributed by atoms with E-state index in [1.54, 1.807) is 18.3 Å². The van der Waals surface area contributed by atoms with Gasteiger partial charge in [-0.1, -0.05) is 13.3 Å². The summed E-state index contributed by atoms with van der Waals surface area (Å²) < 4.78 is 0. The Hall–Kier alpha value is -0.940. The highest BCUT2D eigenvalue weighted by molar-refractivity contribution is 7.09. The Kier molecular flexibility index (Phi) is 6.29. The van der Waals surface area contributed by atoms with E-state index < -0.39 is 5.97 Å². The van der Waals surface area contributed by atoms with Gasteiger partial charge in [-0.15, -0.1) is 11.3 Å². The molecule has 0 fully saturated rings. The minimum atomic E-state index is -0.700. The van der Waals surface area contributed by atoms with Crippen LogP contribution >= 0.6 is 11.3 Å². The summed E-state index contributed by atoms with van der Waals surface area (Å²) in [5, 5.41) is 15.4. The van der Waals surface area contributed by atoms with Crippen LogP contribution in [0.2, 0.25) is 0 Å². The number of aromatic nitrogens is 1. The lowest BCUT2D eigenvalue weighted by Crippen LogP contribution is -2.25. The molecule has 0 radical (unpaired) electrons. The lowest BCUT2D eigenvalue weighted by molar-refractivity contribution is -0.141. The van der Waals surface area contributed by atoms with Crippen LogP contribution in [0, 0.1) is 12.8 Å². The zero-order chi connectivity index (χ0) is 13.5. The first-order valence-corrected chi connectivity index (χ1v) is 7.24. The van der Waals surface area contributed by atoms with E-state index >= 15 is 0 Å². The van der Waals surface area contributed by atoms with Crippen molar-refractivity contribution in [1.29, 1.82) is 0 Å². The minimum absolute atomic E-state index is 0.238. The third-order valence-corrected chi connectivity index (χ3v) is 3.82. The van der Waals surface area contributed by atoms with Crippen LogP contribution in [-0.2, 0) is 11.3 Å². The van der Waals surface area contributed by atoms with E-state index in [0.29, 0.717) is 6.04 Å². The summed E-state index contributed by atoms with van der Waals surface area (Å²) >= 11 is 1.66. The van der Waals surface area contributed by atoms with Crippen molar-refractivity contribution in [1.82, 2.24) is 10.3 Å². The van der Waals surface area contributed by atoms with E-state index in [1.165, 1.54) is 0 Å². The zero-order valence-electron chi connectivity index (χ0n) is 11.3. The molecular weight excluding hydrogens is 248 g/mol. The van der Waals surface area contributed by atoms with Gasteiger partial charge in [-0.25, -0.2) is 4.98 Å². The number of carboxylic acids is 1. The maximum Gasteiger partial charge on any atom is 0.306 e. The van der Waals surface area contributed by atoms with Gasteiger partial charge in [0, 0.05) is 18.0 Å². The highest BCUT2D eigenvalue weighted by Gasteiger charge is 2.11. The second kappa shape index (κ2) is 7.48. The molecule has 1 aromatic heterocycles. The van der Waals surface area contributed by atoms with E-state index in [2.05, 4.69) is 22.6 Å². The van der Waals surface area contributed by atoms with Crippen LogP contribution in [0.15, 0.2) is 5.38 Å². The molecule has 2 N–H and O–H groups in total. The second-order valence-electron chi connectivity index (χ2n) is 4.81. The summed E-state index contributed by atoms with van der Waals surface area (Å²) in [4.78, 5) is 15.1. The van der Waals surface area contributed by atoms with Crippen molar-refractivity contribution in [2.45, 2.75) is 52.6 Å². The van der Waals surface area contributed by atoms with Gasteiger partial charge >= 0.3 is 5.97 Å². The van der Waals surface area contributed by atoms with Crippen LogP contribution in [-0.4, -0.2) is 22.1 Å². The molecule has 0 aromatic carbocycles. The van der Waals surface area contributed by atoms with Gasteiger partial charge in [-0.05, 0) is 26.7 Å². The summed E-state index contributed by atoms with van der Waals surface area (Å²) in [6, 6.07) is 0.396. The number of aliphatic carboxylic acids is 1. The highest BCUT2D eigenvalue weighted by Crippen LogP contribution is 2.11. The van der Waals surface area contributed by atoms with Gasteiger partial charge in [0.1, 0.15) is 0 Å². The monoisotopic (exact) mass is 270 g/mol. The van der Waals surface area contributed by atoms with Crippen LogP contribution in [0.3, 0.4) is 0 Å². The molecule has 2 atom stereocenters. The molecule has 18 heavy (non-hydrogen) atoms. The number of rotatable bonds is 8. The topological polar surface area (TPSA) is 62.2 Å². The molecule has 1 heterocycles. The van der Waals surface area contributed by atoms with Crippen LogP contribution in [0.5, 0.6) is 0 Å². The summed E-state index contributed by atoms with van der Waals surface area (Å²) in [6.45, 7) is 6.69. The average Bonchev–Trinajstić information content (AvgIpc) is 2.72. The molecular formula is C13H22N2O2S. The molecule has 102 valence electrons. The quantitative estimate of drug-likeness (QED) is 0.762. The van der Waals surface area contributed by atoms with Crippen LogP contribution < -0.4 is 5.32 Å². The Morgan fingerprint density at radius 2 is 2.22 bits per heavy atom. The number of carbonyl (C=O) groups is 1. The molecule has 0 amide bonds. The fourth-order valence-electron chi connectivity index (χ4n) is 1.72. The smallest absolute Gasteiger partial charge is 0.306 e. The predicted molar refractivity (Wildman–Crippen MR) is 73.8 cm³/mol. The van der Waals surface area contributed by atoms with Crippen molar-refractivity contribution in [3.8, 4) is 0 Å². The van der Waals surface area contributed by atoms with Crippen molar-refractivity contribution < 1.29 is 9.90 Å². The molecule has 4 nitrogen and oxygen atoms in total. The number of nitrogens with one attached hydrogen (secondary N) is 1. The number of hydrogen-bond donors (Lipinski definition) is 2. The fourth-order valence-corrected chi connectivity index (χ4v) is 2.34. The van der Waals surface area contributed by atoms with E-state index in [9.17, 15) is 4.79 Å². The number of thiazole rings is 1. The molecule has 1 aromatic rings. The Morgan fingerprint density at radius 3 is 2.78 bits per heavy atom. The summed E-state index contributed by atoms with van der Waals surface area (Å²) in [6.07, 6.45) is 2.69. The molecule has 0 bridgehead atoms. The maximum atomic E-state index is 10.7. The van der Waals surface area contributed by atoms with Gasteiger partial charge in [0.2, 0.25) is 0 Å². The van der Waals surface area contributed by atoms with E-state index in [-0.39, 0.29) is 5.92 Å². The zero-order valence-corrected chi connectivity index (χ0v) is 12.1. The van der Waals surface area contributed by atoms with Gasteiger partial charge in [0.15, 0.2) is 0 Å². The number of carboxylic acid groups (broad SMARTS) is 1. The van der Waals surface area contributed by atoms with Crippen LogP contribution in [0.4, 0.5) is 0 Å². The Morgan fingerprint density at radius 1 is 1.50 bits per heavy atom. The average molecular weight is 270 g/mol. The molecule has 5 heteroatoms. The number of hydrogen-bond acceptors (Lipinski definition) is 4. The van der Waals surface area contributed by atoms with Crippen molar-refractivity contribution >= 4 is 17.3 Å². The molecule has 0 aliphatic rings. The lowest BCUT2D eigenvalue weighted by Gasteiger charge is -2.13. The Labute approximate surface area is 112 Å². The Balaban J connectivity index is 2.14. The van der Waals surface area contributed by atoms with Crippen LogP contribution in [0.25, 0.3) is 0 Å². The fraction of sp³-hybridized carbons (Fsp3) is 0.692. The third kappa shape index (κ3) is 5.60. The van der Waals surface area contributed by atoms with Crippen molar-refractivity contribution in [3.05, 3.63) is 16.1 Å². The van der Waals surface area contributed by atoms with E-state index in [4.69, 9.17) is 5.11 Å². The van der Waals surface area contributed by atoms with Gasteiger partial charge < -0.3 is 10.4 Å². The standard InChI is InChI=1S/C13H22N2O2S/c1-9(13(16)17)5-4-6-10(2)14-7-12-8-18-11(3)15-12/h8-10,14H,4-7H2,1-3H3,(H,16,17). The number of aryl methyl sites for hydroxylation is 1. The molecule has 0 saturated heterocycles. The van der Waals surface area contributed by atoms with Crippen LogP contribution in [0.1, 0.15) is 43.8 Å². The summed E-state index contributed by atoms with van der Waals surface area (Å²) in [5.41, 5.74) is 1.09. The van der Waals surface area contributed by atoms with Gasteiger partial charge in [-0.2, -0.15) is 0 Å². The predicted octanol–water partition coefficient (Wildman–Crippen LogP) is 2.82. The maximum absolute atomic E-state index is 10.7. The lowest BCUT2D eigenvalue weighted by atomic mass is 10.0. The van der Waals surface area contributed by atoms with Crippen molar-refractivity contribution in [3.63, 3.8) is 0 Å². The molecule has 0 aliphatic carbocycles. The molecule has 0 aliphatic heterocycles. The molecule has 0 spiro atoms. The van der Waals surface area contributed by atoms with Gasteiger partial charge in [0.05, 0.1) is 16.6 Å². The normalized spacial score (nSPS) is 14.4. The van der Waals surface area contributed by atoms with E-state index in [1.807, 2.05) is 6.92 Å². The van der Waals surface area contributed by atoms with Gasteiger partial charge in [-0.3, -0.25) is 4.79 Å². The first-order chi connectivity index (χ1) is 8.49. The highest BCUT2D eigenvalue weighted by atomic mass is 32.1. The SMILES string of the molecule is Cc1nc(CNC(C)CCCC(C)C(=O)O)cs1. The summed E-state index contributed by atoms with van der Waals surface area (Å²) in [7, 11) is 0. The van der Waals surface area contributed by atoms with Crippen molar-refractivity contribution in [2.75, 3.05) is 0 Å². The minimum Gasteiger partial charge on any atom is -0.481 e. The second-order valence-corrected chi connectivity index (χ2v) is 5.87. The molecule has 1 rings (SSSR count).